The molecule has 1 saturated heterocycles. The average molecular weight is 284 g/mol. The first-order chi connectivity index (χ1) is 9.42. The number of esters is 1. The van der Waals surface area contributed by atoms with Crippen molar-refractivity contribution in [3.8, 4) is 0 Å². The van der Waals surface area contributed by atoms with Gasteiger partial charge in [-0.25, -0.2) is 4.79 Å². The van der Waals surface area contributed by atoms with Gasteiger partial charge in [-0.2, -0.15) is 0 Å². The molecule has 0 radical (unpaired) electrons. The largest absolute Gasteiger partial charge is 0.458 e. The molecule has 2 aliphatic rings. The van der Waals surface area contributed by atoms with E-state index in [9.17, 15) is 4.79 Å². The third-order valence-corrected chi connectivity index (χ3v) is 3.78. The second kappa shape index (κ2) is 6.87. The van der Waals surface area contributed by atoms with Crippen molar-refractivity contribution in [2.24, 2.45) is 5.92 Å². The van der Waals surface area contributed by atoms with E-state index in [2.05, 4.69) is 10.2 Å². The van der Waals surface area contributed by atoms with Gasteiger partial charge in [0.2, 0.25) is 0 Å². The average Bonchev–Trinajstić information content (AvgIpc) is 2.31. The van der Waals surface area contributed by atoms with Gasteiger partial charge in [0.1, 0.15) is 12.2 Å². The van der Waals surface area contributed by atoms with E-state index in [1.807, 2.05) is 20.8 Å². The lowest BCUT2D eigenvalue weighted by Gasteiger charge is -2.39. The molecule has 1 N–H and O–H groups in total. The van der Waals surface area contributed by atoms with Gasteiger partial charge >= 0.3 is 5.97 Å². The topological polar surface area (TPSA) is 50.8 Å². The molecule has 2 fully saturated rings. The van der Waals surface area contributed by atoms with Crippen molar-refractivity contribution in [2.75, 3.05) is 39.3 Å². The van der Waals surface area contributed by atoms with Crippen molar-refractivity contribution in [3.05, 3.63) is 0 Å². The Morgan fingerprint density at radius 1 is 1.25 bits per heavy atom. The van der Waals surface area contributed by atoms with E-state index in [-0.39, 0.29) is 18.7 Å². The van der Waals surface area contributed by atoms with E-state index in [4.69, 9.17) is 9.47 Å². The molecule has 116 valence electrons. The van der Waals surface area contributed by atoms with Crippen LogP contribution in [0.15, 0.2) is 0 Å². The summed E-state index contributed by atoms with van der Waals surface area (Å²) in [6.07, 6.45) is 2.40. The van der Waals surface area contributed by atoms with E-state index in [1.54, 1.807) is 0 Å². The first-order valence-electron chi connectivity index (χ1n) is 7.69. The summed E-state index contributed by atoms with van der Waals surface area (Å²) in [6, 6.07) is 0. The summed E-state index contributed by atoms with van der Waals surface area (Å²) in [4.78, 5) is 14.1. The van der Waals surface area contributed by atoms with Gasteiger partial charge in [0.05, 0.1) is 6.10 Å². The van der Waals surface area contributed by atoms with Crippen molar-refractivity contribution in [1.82, 2.24) is 10.2 Å². The highest BCUT2D eigenvalue weighted by atomic mass is 16.6. The van der Waals surface area contributed by atoms with Crippen molar-refractivity contribution in [1.29, 1.82) is 0 Å². The lowest BCUT2D eigenvalue weighted by molar-refractivity contribution is -0.165. The maximum absolute atomic E-state index is 11.5. The second-order valence-corrected chi connectivity index (χ2v) is 6.91. The van der Waals surface area contributed by atoms with Crippen LogP contribution in [0.3, 0.4) is 0 Å². The molecule has 2 rings (SSSR count). The van der Waals surface area contributed by atoms with Gasteiger partial charge in [-0.3, -0.25) is 0 Å². The molecule has 5 heteroatoms. The summed E-state index contributed by atoms with van der Waals surface area (Å²) in [5, 5.41) is 3.37. The minimum absolute atomic E-state index is 0.0856. The van der Waals surface area contributed by atoms with Gasteiger partial charge in [-0.15, -0.1) is 0 Å². The smallest absolute Gasteiger partial charge is 0.332 e. The summed E-state index contributed by atoms with van der Waals surface area (Å²) in [7, 11) is 0. The Bertz CT molecular complexity index is 316. The van der Waals surface area contributed by atoms with Crippen LogP contribution in [0.25, 0.3) is 0 Å². The number of nitrogens with zero attached hydrogens (tertiary/aromatic N) is 1. The Morgan fingerprint density at radius 3 is 2.50 bits per heavy atom. The van der Waals surface area contributed by atoms with Gasteiger partial charge in [0.25, 0.3) is 0 Å². The van der Waals surface area contributed by atoms with Crippen molar-refractivity contribution < 1.29 is 14.3 Å². The van der Waals surface area contributed by atoms with Gasteiger partial charge < -0.3 is 19.7 Å². The van der Waals surface area contributed by atoms with Crippen molar-refractivity contribution in [3.63, 3.8) is 0 Å². The highest BCUT2D eigenvalue weighted by molar-refractivity contribution is 5.71. The van der Waals surface area contributed by atoms with Crippen LogP contribution in [0.2, 0.25) is 0 Å². The maximum Gasteiger partial charge on any atom is 0.332 e. The molecular weight excluding hydrogens is 256 g/mol. The first kappa shape index (κ1) is 15.7. The Hall–Kier alpha value is -0.650. The van der Waals surface area contributed by atoms with Crippen LogP contribution in [0.5, 0.6) is 0 Å². The molecule has 0 unspecified atom stereocenters. The van der Waals surface area contributed by atoms with Gasteiger partial charge in [-0.1, -0.05) is 0 Å². The molecule has 1 aliphatic carbocycles. The highest BCUT2D eigenvalue weighted by Gasteiger charge is 2.32. The SMILES string of the molecule is CC(C)(C)OC(=O)COC1CC(CN2CCNCC2)C1. The number of nitrogens with one attached hydrogen (secondary N) is 1. The Labute approximate surface area is 122 Å². The summed E-state index contributed by atoms with van der Waals surface area (Å²) in [5.41, 5.74) is -0.426. The Kier molecular flexibility index (Phi) is 5.41. The monoisotopic (exact) mass is 284 g/mol. The zero-order chi connectivity index (χ0) is 14.6. The Morgan fingerprint density at radius 2 is 1.90 bits per heavy atom. The minimum Gasteiger partial charge on any atom is -0.458 e. The predicted molar refractivity (Wildman–Crippen MR) is 77.6 cm³/mol. The normalized spacial score (nSPS) is 27.9. The standard InChI is InChI=1S/C15H28N2O3/c1-15(2,3)20-14(18)11-19-13-8-12(9-13)10-17-6-4-16-5-7-17/h12-13,16H,4-11H2,1-3H3. The van der Waals surface area contributed by atoms with E-state index < -0.39 is 5.60 Å². The summed E-state index contributed by atoms with van der Waals surface area (Å²) in [5.74, 6) is 0.472. The molecule has 0 amide bonds. The van der Waals surface area contributed by atoms with E-state index in [0.717, 1.165) is 44.9 Å². The zero-order valence-corrected chi connectivity index (χ0v) is 13.0. The van der Waals surface area contributed by atoms with Crippen LogP contribution in [0.4, 0.5) is 0 Å². The Balaban J connectivity index is 1.54. The molecule has 0 aromatic carbocycles. The fourth-order valence-corrected chi connectivity index (χ4v) is 2.78. The van der Waals surface area contributed by atoms with Crippen LogP contribution < -0.4 is 5.32 Å². The van der Waals surface area contributed by atoms with Gasteiger partial charge in [0.15, 0.2) is 0 Å². The summed E-state index contributed by atoms with van der Waals surface area (Å²) < 4.78 is 10.8. The molecule has 0 bridgehead atoms. The van der Waals surface area contributed by atoms with E-state index in [0.29, 0.717) is 0 Å². The second-order valence-electron chi connectivity index (χ2n) is 6.91. The molecule has 1 heterocycles. The summed E-state index contributed by atoms with van der Waals surface area (Å²) >= 11 is 0. The minimum atomic E-state index is -0.426. The number of carbonyl (C=O) groups excluding carboxylic acids is 1. The van der Waals surface area contributed by atoms with Crippen molar-refractivity contribution in [2.45, 2.75) is 45.3 Å². The van der Waals surface area contributed by atoms with E-state index >= 15 is 0 Å². The van der Waals surface area contributed by atoms with Crippen LogP contribution in [0.1, 0.15) is 33.6 Å². The maximum atomic E-state index is 11.5. The molecule has 0 aromatic heterocycles. The lowest BCUT2D eigenvalue weighted by atomic mass is 9.82. The number of piperazine rings is 1. The molecule has 5 nitrogen and oxygen atoms in total. The third-order valence-electron chi connectivity index (χ3n) is 3.78. The number of carbonyl (C=O) groups is 1. The molecule has 20 heavy (non-hydrogen) atoms. The number of rotatable bonds is 5. The zero-order valence-electron chi connectivity index (χ0n) is 13.0. The van der Waals surface area contributed by atoms with Crippen molar-refractivity contribution >= 4 is 5.97 Å². The van der Waals surface area contributed by atoms with E-state index in [1.165, 1.54) is 6.54 Å². The lowest BCUT2D eigenvalue weighted by Crippen LogP contribution is -2.48. The van der Waals surface area contributed by atoms with Crippen LogP contribution in [-0.4, -0.2) is 61.9 Å². The van der Waals surface area contributed by atoms with Crippen LogP contribution in [-0.2, 0) is 14.3 Å². The van der Waals surface area contributed by atoms with Gasteiger partial charge in [-0.05, 0) is 39.5 Å². The predicted octanol–water partition coefficient (Wildman–Crippen LogP) is 1.03. The van der Waals surface area contributed by atoms with Gasteiger partial charge in [0, 0.05) is 32.7 Å². The first-order valence-corrected chi connectivity index (χ1v) is 7.69. The quantitative estimate of drug-likeness (QED) is 0.764. The number of ether oxygens (including phenoxy) is 2. The third kappa shape index (κ3) is 5.38. The molecular formula is C15H28N2O3. The number of hydrogen-bond donors (Lipinski definition) is 1. The number of hydrogen-bond acceptors (Lipinski definition) is 5. The fraction of sp³-hybridized carbons (Fsp3) is 0.933. The highest BCUT2D eigenvalue weighted by Crippen LogP contribution is 2.30. The molecule has 0 atom stereocenters. The summed E-state index contributed by atoms with van der Waals surface area (Å²) in [6.45, 7) is 11.4. The van der Waals surface area contributed by atoms with Crippen LogP contribution >= 0.6 is 0 Å². The van der Waals surface area contributed by atoms with Crippen LogP contribution in [0, 0.1) is 5.92 Å². The molecule has 1 aliphatic heterocycles. The fourth-order valence-electron chi connectivity index (χ4n) is 2.78. The molecule has 1 saturated carbocycles. The molecule has 0 spiro atoms. The molecule has 0 aromatic rings.